The van der Waals surface area contributed by atoms with E-state index < -0.39 is 0 Å². The number of aryl methyl sites for hydroxylation is 3. The van der Waals surface area contributed by atoms with Crippen LogP contribution in [-0.2, 0) is 13.5 Å². The fourth-order valence-electron chi connectivity index (χ4n) is 1.72. The number of hydrogen-bond acceptors (Lipinski definition) is 6. The van der Waals surface area contributed by atoms with Crippen LogP contribution in [0.5, 0.6) is 0 Å². The Bertz CT molecular complexity index is 592. The van der Waals surface area contributed by atoms with Crippen LogP contribution in [0.1, 0.15) is 24.0 Å². The van der Waals surface area contributed by atoms with Gasteiger partial charge in [-0.15, -0.1) is 0 Å². The molecule has 0 bridgehead atoms. The summed E-state index contributed by atoms with van der Waals surface area (Å²) >= 11 is 1.57. The maximum absolute atomic E-state index is 5.50. The Morgan fingerprint density at radius 1 is 1.37 bits per heavy atom. The lowest BCUT2D eigenvalue weighted by atomic mass is 10.3. The van der Waals surface area contributed by atoms with Gasteiger partial charge in [-0.1, -0.05) is 6.92 Å². The minimum absolute atomic E-state index is 0.674. The van der Waals surface area contributed by atoms with Crippen molar-refractivity contribution in [1.82, 2.24) is 19.7 Å². The van der Waals surface area contributed by atoms with E-state index in [4.69, 9.17) is 5.84 Å². The molecule has 2 rings (SSSR count). The van der Waals surface area contributed by atoms with Gasteiger partial charge < -0.3 is 5.43 Å². The highest BCUT2D eigenvalue weighted by molar-refractivity contribution is 7.99. The lowest BCUT2D eigenvalue weighted by Gasteiger charge is -2.10. The van der Waals surface area contributed by atoms with Gasteiger partial charge in [0, 0.05) is 19.0 Å². The molecule has 0 unspecified atom stereocenters. The zero-order valence-electron chi connectivity index (χ0n) is 11.6. The molecule has 0 spiro atoms. The molecule has 0 radical (unpaired) electrons. The van der Waals surface area contributed by atoms with Gasteiger partial charge in [0.2, 0.25) is 0 Å². The van der Waals surface area contributed by atoms with E-state index >= 15 is 0 Å². The second-order valence-electron chi connectivity index (χ2n) is 4.27. The van der Waals surface area contributed by atoms with E-state index in [2.05, 4.69) is 20.5 Å². The summed E-state index contributed by atoms with van der Waals surface area (Å²) in [4.78, 5) is 8.92. The molecule has 0 amide bonds. The maximum atomic E-state index is 5.50. The molecule has 0 aliphatic rings. The molecule has 19 heavy (non-hydrogen) atoms. The average Bonchev–Trinajstić information content (AvgIpc) is 2.70. The van der Waals surface area contributed by atoms with E-state index in [0.29, 0.717) is 5.82 Å². The van der Waals surface area contributed by atoms with Crippen LogP contribution in [0.4, 0.5) is 5.82 Å². The molecular formula is C12H18N6S. The third-order valence-corrected chi connectivity index (χ3v) is 3.94. The molecule has 0 fully saturated rings. The molecule has 2 aromatic rings. The van der Waals surface area contributed by atoms with Gasteiger partial charge in [0.05, 0.1) is 5.69 Å². The Hall–Kier alpha value is -1.60. The first-order valence-electron chi connectivity index (χ1n) is 6.07. The van der Waals surface area contributed by atoms with Crippen LogP contribution in [0.3, 0.4) is 0 Å². The monoisotopic (exact) mass is 278 g/mol. The highest BCUT2D eigenvalue weighted by Crippen LogP contribution is 2.31. The van der Waals surface area contributed by atoms with Crippen molar-refractivity contribution in [2.24, 2.45) is 12.9 Å². The van der Waals surface area contributed by atoms with Gasteiger partial charge in [0.1, 0.15) is 21.7 Å². The van der Waals surface area contributed by atoms with Crippen molar-refractivity contribution in [3.63, 3.8) is 0 Å². The molecule has 6 nitrogen and oxygen atoms in total. The lowest BCUT2D eigenvalue weighted by molar-refractivity contribution is 0.691. The van der Waals surface area contributed by atoms with Crippen LogP contribution >= 0.6 is 11.8 Å². The Kier molecular flexibility index (Phi) is 4.06. The predicted octanol–water partition coefficient (Wildman–Crippen LogP) is 1.83. The number of anilines is 1. The van der Waals surface area contributed by atoms with Gasteiger partial charge >= 0.3 is 0 Å². The molecular weight excluding hydrogens is 260 g/mol. The minimum Gasteiger partial charge on any atom is -0.308 e. The Labute approximate surface area is 116 Å². The second-order valence-corrected chi connectivity index (χ2v) is 5.28. The molecule has 0 saturated heterocycles. The van der Waals surface area contributed by atoms with Crippen molar-refractivity contribution in [2.45, 2.75) is 37.2 Å². The van der Waals surface area contributed by atoms with Crippen LogP contribution in [0.25, 0.3) is 0 Å². The number of nitrogens with zero attached hydrogens (tertiary/aromatic N) is 4. The fourth-order valence-corrected chi connectivity index (χ4v) is 2.72. The SMILES string of the molecule is CCc1nc(NN)c(C)c(Sc2cc(C)nn2C)n1. The third kappa shape index (κ3) is 2.87. The van der Waals surface area contributed by atoms with Crippen LogP contribution in [0.2, 0.25) is 0 Å². The first-order chi connectivity index (χ1) is 9.05. The summed E-state index contributed by atoms with van der Waals surface area (Å²) in [5.74, 6) is 6.96. The van der Waals surface area contributed by atoms with Gasteiger partial charge in [-0.05, 0) is 31.7 Å². The van der Waals surface area contributed by atoms with Crippen LogP contribution in [0, 0.1) is 13.8 Å². The van der Waals surface area contributed by atoms with Crippen LogP contribution in [0.15, 0.2) is 16.1 Å². The molecule has 0 aliphatic heterocycles. The first kappa shape index (κ1) is 13.8. The molecule has 0 atom stereocenters. The number of rotatable bonds is 4. The summed E-state index contributed by atoms with van der Waals surface area (Å²) in [5, 5.41) is 6.29. The third-order valence-electron chi connectivity index (χ3n) is 2.76. The van der Waals surface area contributed by atoms with Crippen molar-refractivity contribution in [1.29, 1.82) is 0 Å². The molecule has 7 heteroatoms. The fraction of sp³-hybridized carbons (Fsp3) is 0.417. The summed E-state index contributed by atoms with van der Waals surface area (Å²) in [5.41, 5.74) is 4.57. The van der Waals surface area contributed by atoms with E-state index in [1.807, 2.05) is 38.6 Å². The Morgan fingerprint density at radius 2 is 2.11 bits per heavy atom. The van der Waals surface area contributed by atoms with Crippen molar-refractivity contribution in [3.05, 3.63) is 23.1 Å². The van der Waals surface area contributed by atoms with Crippen LogP contribution < -0.4 is 11.3 Å². The summed E-state index contributed by atoms with van der Waals surface area (Å²) in [6, 6.07) is 2.04. The van der Waals surface area contributed by atoms with E-state index in [9.17, 15) is 0 Å². The molecule has 0 aliphatic carbocycles. The molecule has 0 aromatic carbocycles. The number of nitrogens with two attached hydrogens (primary N) is 1. The Balaban J connectivity index is 2.41. The summed E-state index contributed by atoms with van der Waals surface area (Å²) < 4.78 is 1.85. The number of hydrazine groups is 1. The normalized spacial score (nSPS) is 10.8. The van der Waals surface area contributed by atoms with Crippen molar-refractivity contribution >= 4 is 17.6 Å². The highest BCUT2D eigenvalue weighted by atomic mass is 32.2. The van der Waals surface area contributed by atoms with Gasteiger partial charge in [0.25, 0.3) is 0 Å². The van der Waals surface area contributed by atoms with Crippen molar-refractivity contribution < 1.29 is 0 Å². The van der Waals surface area contributed by atoms with Gasteiger partial charge in [-0.25, -0.2) is 15.8 Å². The molecule has 0 saturated carbocycles. The van der Waals surface area contributed by atoms with E-state index in [1.54, 1.807) is 11.8 Å². The summed E-state index contributed by atoms with van der Waals surface area (Å²) in [6.07, 6.45) is 0.771. The van der Waals surface area contributed by atoms with Gasteiger partial charge in [-0.3, -0.25) is 4.68 Å². The number of nitrogen functional groups attached to an aromatic ring is 1. The smallest absolute Gasteiger partial charge is 0.147 e. The van der Waals surface area contributed by atoms with Crippen molar-refractivity contribution in [2.75, 3.05) is 5.43 Å². The second kappa shape index (κ2) is 5.58. The molecule has 2 aromatic heterocycles. The standard InChI is InChI=1S/C12H18N6S/c1-5-9-14-11(16-13)8(3)12(15-9)19-10-6-7(2)17-18(10)4/h6H,5,13H2,1-4H3,(H,14,15,16). The average molecular weight is 278 g/mol. The topological polar surface area (TPSA) is 81.6 Å². The molecule has 102 valence electrons. The summed E-state index contributed by atoms with van der Waals surface area (Å²) in [7, 11) is 1.93. The molecule has 2 heterocycles. The minimum atomic E-state index is 0.674. The highest BCUT2D eigenvalue weighted by Gasteiger charge is 2.13. The number of hydrogen-bond donors (Lipinski definition) is 2. The van der Waals surface area contributed by atoms with Crippen LogP contribution in [-0.4, -0.2) is 19.7 Å². The largest absolute Gasteiger partial charge is 0.308 e. The zero-order valence-corrected chi connectivity index (χ0v) is 12.4. The number of aromatic nitrogens is 4. The van der Waals surface area contributed by atoms with E-state index in [0.717, 1.165) is 33.6 Å². The van der Waals surface area contributed by atoms with E-state index in [-0.39, 0.29) is 0 Å². The Morgan fingerprint density at radius 3 is 2.63 bits per heavy atom. The number of nitrogens with one attached hydrogen (secondary N) is 1. The summed E-state index contributed by atoms with van der Waals surface area (Å²) in [6.45, 7) is 5.95. The van der Waals surface area contributed by atoms with Gasteiger partial charge in [-0.2, -0.15) is 5.10 Å². The molecule has 3 N–H and O–H groups in total. The zero-order chi connectivity index (χ0) is 14.0. The maximum Gasteiger partial charge on any atom is 0.147 e. The van der Waals surface area contributed by atoms with Crippen molar-refractivity contribution in [3.8, 4) is 0 Å². The van der Waals surface area contributed by atoms with Gasteiger partial charge in [0.15, 0.2) is 0 Å². The first-order valence-corrected chi connectivity index (χ1v) is 6.89. The quantitative estimate of drug-likeness (QED) is 0.504. The lowest BCUT2D eigenvalue weighted by Crippen LogP contribution is -2.13. The van der Waals surface area contributed by atoms with E-state index in [1.165, 1.54) is 0 Å². The predicted molar refractivity (Wildman–Crippen MR) is 76.0 cm³/mol.